The number of aromatic nitrogens is 1. The Balaban J connectivity index is 1.76. The lowest BCUT2D eigenvalue weighted by Crippen LogP contribution is -2.34. The van der Waals surface area contributed by atoms with Gasteiger partial charge in [-0.15, -0.1) is 11.8 Å². The van der Waals surface area contributed by atoms with Gasteiger partial charge in [0, 0.05) is 22.9 Å². The van der Waals surface area contributed by atoms with E-state index < -0.39 is 5.91 Å². The standard InChI is InChI=1S/C16H16N4O2S/c1-23-14-4-2-12(3-5-14)10-19-20-15(21)11-18-16(22)13-6-8-17-9-7-13/h2-10H,11H2,1H3,(H,18,22)(H,20,21). The van der Waals surface area contributed by atoms with Gasteiger partial charge in [-0.3, -0.25) is 14.6 Å². The minimum atomic E-state index is -0.399. The molecule has 0 radical (unpaired) electrons. The minimum absolute atomic E-state index is 0.149. The van der Waals surface area contributed by atoms with Gasteiger partial charge in [-0.1, -0.05) is 12.1 Å². The van der Waals surface area contributed by atoms with Gasteiger partial charge in [-0.05, 0) is 36.1 Å². The van der Waals surface area contributed by atoms with Crippen LogP contribution in [0.5, 0.6) is 0 Å². The van der Waals surface area contributed by atoms with Crippen LogP contribution in [-0.4, -0.2) is 35.8 Å². The van der Waals surface area contributed by atoms with Gasteiger partial charge in [-0.2, -0.15) is 5.10 Å². The van der Waals surface area contributed by atoms with Crippen molar-refractivity contribution < 1.29 is 9.59 Å². The van der Waals surface area contributed by atoms with Gasteiger partial charge in [0.2, 0.25) is 0 Å². The zero-order valence-electron chi connectivity index (χ0n) is 12.5. The highest BCUT2D eigenvalue weighted by atomic mass is 32.2. The van der Waals surface area contributed by atoms with Crippen LogP contribution in [0.4, 0.5) is 0 Å². The molecule has 0 fully saturated rings. The molecule has 0 saturated carbocycles. The summed E-state index contributed by atoms with van der Waals surface area (Å²) >= 11 is 1.66. The Morgan fingerprint density at radius 3 is 2.52 bits per heavy atom. The van der Waals surface area contributed by atoms with E-state index in [1.807, 2.05) is 30.5 Å². The summed E-state index contributed by atoms with van der Waals surface area (Å²) < 4.78 is 0. The molecule has 1 aromatic heterocycles. The summed E-state index contributed by atoms with van der Waals surface area (Å²) in [5.41, 5.74) is 3.69. The number of thioether (sulfide) groups is 1. The van der Waals surface area contributed by atoms with E-state index >= 15 is 0 Å². The van der Waals surface area contributed by atoms with E-state index in [-0.39, 0.29) is 12.5 Å². The third kappa shape index (κ3) is 5.55. The van der Waals surface area contributed by atoms with Crippen molar-refractivity contribution in [2.75, 3.05) is 12.8 Å². The number of nitrogens with one attached hydrogen (secondary N) is 2. The van der Waals surface area contributed by atoms with E-state index in [0.29, 0.717) is 5.56 Å². The smallest absolute Gasteiger partial charge is 0.259 e. The van der Waals surface area contributed by atoms with Crippen molar-refractivity contribution in [1.29, 1.82) is 0 Å². The summed E-state index contributed by atoms with van der Waals surface area (Å²) in [5.74, 6) is -0.733. The number of pyridine rings is 1. The van der Waals surface area contributed by atoms with Gasteiger partial charge >= 0.3 is 0 Å². The third-order valence-electron chi connectivity index (χ3n) is 2.87. The third-order valence-corrected chi connectivity index (χ3v) is 3.61. The van der Waals surface area contributed by atoms with Gasteiger partial charge < -0.3 is 5.32 Å². The number of hydrogen-bond donors (Lipinski definition) is 2. The number of carbonyl (C=O) groups excluding carboxylic acids is 2. The second kappa shape index (κ2) is 8.70. The maximum atomic E-state index is 11.7. The molecule has 0 aliphatic rings. The number of nitrogens with zero attached hydrogens (tertiary/aromatic N) is 2. The summed E-state index contributed by atoms with van der Waals surface area (Å²) in [7, 11) is 0. The van der Waals surface area contributed by atoms with Crippen molar-refractivity contribution >= 4 is 29.8 Å². The summed E-state index contributed by atoms with van der Waals surface area (Å²) in [6, 6.07) is 10.9. The lowest BCUT2D eigenvalue weighted by molar-refractivity contribution is -0.120. The molecule has 2 amide bonds. The molecule has 0 atom stereocenters. The molecule has 0 saturated heterocycles. The SMILES string of the molecule is CSc1ccc(C=NNC(=O)CNC(=O)c2ccncc2)cc1. The normalized spacial score (nSPS) is 10.5. The highest BCUT2D eigenvalue weighted by Gasteiger charge is 2.06. The molecule has 0 bridgehead atoms. The molecular weight excluding hydrogens is 312 g/mol. The molecule has 1 heterocycles. The maximum Gasteiger partial charge on any atom is 0.259 e. The Labute approximate surface area is 138 Å². The molecule has 0 aliphatic carbocycles. The summed E-state index contributed by atoms with van der Waals surface area (Å²) in [6.07, 6.45) is 6.58. The fourth-order valence-corrected chi connectivity index (χ4v) is 2.08. The molecule has 7 heteroatoms. The van der Waals surface area contributed by atoms with Crippen LogP contribution in [0.1, 0.15) is 15.9 Å². The van der Waals surface area contributed by atoms with Crippen LogP contribution in [0.25, 0.3) is 0 Å². The number of carbonyl (C=O) groups is 2. The van der Waals surface area contributed by atoms with E-state index in [1.165, 1.54) is 12.4 Å². The first-order chi connectivity index (χ1) is 11.2. The fraction of sp³-hybridized carbons (Fsp3) is 0.125. The Kier molecular flexibility index (Phi) is 6.31. The first kappa shape index (κ1) is 16.7. The molecular formula is C16H16N4O2S. The zero-order chi connectivity index (χ0) is 16.5. The average Bonchev–Trinajstić information content (AvgIpc) is 2.61. The molecule has 1 aromatic carbocycles. The van der Waals surface area contributed by atoms with Crippen molar-refractivity contribution in [3.63, 3.8) is 0 Å². The van der Waals surface area contributed by atoms with Crippen molar-refractivity contribution in [3.8, 4) is 0 Å². The average molecular weight is 328 g/mol. The van der Waals surface area contributed by atoms with Crippen LogP contribution in [0, 0.1) is 0 Å². The molecule has 23 heavy (non-hydrogen) atoms. The predicted molar refractivity (Wildman–Crippen MR) is 90.5 cm³/mol. The Hall–Kier alpha value is -2.67. The van der Waals surface area contributed by atoms with Crippen molar-refractivity contribution in [3.05, 3.63) is 59.9 Å². The minimum Gasteiger partial charge on any atom is -0.343 e. The predicted octanol–water partition coefficient (Wildman–Crippen LogP) is 1.68. The van der Waals surface area contributed by atoms with E-state index in [1.54, 1.807) is 30.1 Å². The number of hydrogen-bond acceptors (Lipinski definition) is 5. The maximum absolute atomic E-state index is 11.7. The first-order valence-electron chi connectivity index (χ1n) is 6.83. The molecule has 0 spiro atoms. The Morgan fingerprint density at radius 1 is 1.17 bits per heavy atom. The van der Waals surface area contributed by atoms with E-state index in [9.17, 15) is 9.59 Å². The van der Waals surface area contributed by atoms with Crippen LogP contribution in [0.3, 0.4) is 0 Å². The van der Waals surface area contributed by atoms with Gasteiger partial charge in [-0.25, -0.2) is 5.43 Å². The molecule has 2 aromatic rings. The molecule has 2 rings (SSSR count). The Morgan fingerprint density at radius 2 is 1.87 bits per heavy atom. The molecule has 0 unspecified atom stereocenters. The van der Waals surface area contributed by atoms with E-state index in [2.05, 4.69) is 20.8 Å². The van der Waals surface area contributed by atoms with Gasteiger partial charge in [0.15, 0.2) is 0 Å². The lowest BCUT2D eigenvalue weighted by Gasteiger charge is -2.03. The monoisotopic (exact) mass is 328 g/mol. The number of hydrazone groups is 1. The highest BCUT2D eigenvalue weighted by Crippen LogP contribution is 2.13. The quantitative estimate of drug-likeness (QED) is 0.480. The van der Waals surface area contributed by atoms with Gasteiger partial charge in [0.1, 0.15) is 0 Å². The van der Waals surface area contributed by atoms with Gasteiger partial charge in [0.05, 0.1) is 12.8 Å². The van der Waals surface area contributed by atoms with Gasteiger partial charge in [0.25, 0.3) is 11.8 Å². The highest BCUT2D eigenvalue weighted by molar-refractivity contribution is 7.98. The second-order valence-corrected chi connectivity index (χ2v) is 5.36. The zero-order valence-corrected chi connectivity index (χ0v) is 13.3. The van der Waals surface area contributed by atoms with E-state index in [4.69, 9.17) is 0 Å². The number of rotatable bonds is 6. The number of benzene rings is 1. The summed E-state index contributed by atoms with van der Waals surface area (Å²) in [5, 5.41) is 6.36. The van der Waals surface area contributed by atoms with Crippen LogP contribution in [-0.2, 0) is 4.79 Å². The summed E-state index contributed by atoms with van der Waals surface area (Å²) in [4.78, 5) is 28.3. The number of amides is 2. The Bertz CT molecular complexity index is 687. The first-order valence-corrected chi connectivity index (χ1v) is 8.05. The van der Waals surface area contributed by atoms with Crippen LogP contribution in [0.2, 0.25) is 0 Å². The second-order valence-electron chi connectivity index (χ2n) is 4.48. The fourth-order valence-electron chi connectivity index (χ4n) is 1.67. The lowest BCUT2D eigenvalue weighted by atomic mass is 10.2. The topological polar surface area (TPSA) is 83.5 Å². The van der Waals surface area contributed by atoms with Crippen LogP contribution >= 0.6 is 11.8 Å². The molecule has 0 aliphatic heterocycles. The van der Waals surface area contributed by atoms with Crippen LogP contribution < -0.4 is 10.7 Å². The molecule has 6 nitrogen and oxygen atoms in total. The molecule has 118 valence electrons. The van der Waals surface area contributed by atoms with Crippen molar-refractivity contribution in [2.24, 2.45) is 5.10 Å². The summed E-state index contributed by atoms with van der Waals surface area (Å²) in [6.45, 7) is -0.149. The largest absolute Gasteiger partial charge is 0.343 e. The van der Waals surface area contributed by atoms with Crippen molar-refractivity contribution in [2.45, 2.75) is 4.90 Å². The van der Waals surface area contributed by atoms with Crippen molar-refractivity contribution in [1.82, 2.24) is 15.7 Å². The van der Waals surface area contributed by atoms with E-state index in [0.717, 1.165) is 10.5 Å². The molecule has 2 N–H and O–H groups in total. The van der Waals surface area contributed by atoms with Crippen LogP contribution in [0.15, 0.2) is 58.8 Å².